The zero-order valence-electron chi connectivity index (χ0n) is 24.0. The zero-order valence-corrected chi connectivity index (χ0v) is 24.0. The molecule has 0 aromatic rings. The second kappa shape index (κ2) is 18.2. The van der Waals surface area contributed by atoms with Gasteiger partial charge >= 0.3 is 5.97 Å². The number of hydrogen-bond acceptors (Lipinski definition) is 9. The Kier molecular flexibility index (Phi) is 18.7. The van der Waals surface area contributed by atoms with Crippen LogP contribution in [0.1, 0.15) is 81.6 Å². The second-order valence-corrected chi connectivity index (χ2v) is 11.4. The van der Waals surface area contributed by atoms with Crippen LogP contribution in [0.25, 0.3) is 0 Å². The molecule has 0 spiro atoms. The summed E-state index contributed by atoms with van der Waals surface area (Å²) in [7, 11) is 1.71. The van der Waals surface area contributed by atoms with E-state index in [4.69, 9.17) is 34.2 Å². The third-order valence-electron chi connectivity index (χ3n) is 4.00. The molecule has 0 aliphatic rings. The van der Waals surface area contributed by atoms with E-state index in [0.29, 0.717) is 26.2 Å². The molecule has 2 N–H and O–H groups in total. The summed E-state index contributed by atoms with van der Waals surface area (Å²) in [5.41, 5.74) is 4.84. The number of carbonyl (C=O) groups excluding carboxylic acids is 2. The highest BCUT2D eigenvalue weighted by Crippen LogP contribution is 2.10. The molecule has 9 nitrogen and oxygen atoms in total. The quantitative estimate of drug-likeness (QED) is 0.190. The lowest BCUT2D eigenvalue weighted by Crippen LogP contribution is -2.53. The Morgan fingerprint density at radius 1 is 0.743 bits per heavy atom. The van der Waals surface area contributed by atoms with Gasteiger partial charge in [-0.2, -0.15) is 0 Å². The van der Waals surface area contributed by atoms with Crippen LogP contribution >= 0.6 is 0 Å². The van der Waals surface area contributed by atoms with E-state index in [1.807, 2.05) is 62.3 Å². The van der Waals surface area contributed by atoms with Gasteiger partial charge in [0, 0.05) is 26.7 Å². The van der Waals surface area contributed by atoms with Crippen molar-refractivity contribution in [1.29, 1.82) is 0 Å². The highest BCUT2D eigenvalue weighted by atomic mass is 16.6. The average molecular weight is 508 g/mol. The van der Waals surface area contributed by atoms with Crippen LogP contribution in [0, 0.1) is 0 Å². The summed E-state index contributed by atoms with van der Waals surface area (Å²) in [5.74, 6) is -0.322. The molecule has 0 aliphatic heterocycles. The summed E-state index contributed by atoms with van der Waals surface area (Å²) >= 11 is 0. The first-order chi connectivity index (χ1) is 15.9. The Labute approximate surface area is 213 Å². The van der Waals surface area contributed by atoms with Gasteiger partial charge in [0.15, 0.2) is 0 Å². The van der Waals surface area contributed by atoms with Crippen molar-refractivity contribution in [3.05, 3.63) is 0 Å². The van der Waals surface area contributed by atoms with E-state index in [1.54, 1.807) is 7.11 Å². The van der Waals surface area contributed by atoms with E-state index < -0.39 is 11.1 Å². The molecule has 35 heavy (non-hydrogen) atoms. The van der Waals surface area contributed by atoms with Crippen LogP contribution in [0.5, 0.6) is 0 Å². The van der Waals surface area contributed by atoms with Crippen LogP contribution in [-0.2, 0) is 38.0 Å². The lowest BCUT2D eigenvalue weighted by atomic mass is 10.1. The van der Waals surface area contributed by atoms with Crippen LogP contribution in [0.2, 0.25) is 0 Å². The van der Waals surface area contributed by atoms with Crippen molar-refractivity contribution in [1.82, 2.24) is 0 Å². The topological polar surface area (TPSA) is 116 Å². The molecule has 210 valence electrons. The van der Waals surface area contributed by atoms with Gasteiger partial charge < -0.3 is 38.9 Å². The fourth-order valence-corrected chi connectivity index (χ4v) is 2.17. The van der Waals surface area contributed by atoms with Crippen LogP contribution in [0.4, 0.5) is 0 Å². The minimum absolute atomic E-state index is 0.0417. The van der Waals surface area contributed by atoms with Gasteiger partial charge in [0.05, 0.1) is 56.2 Å². The Morgan fingerprint density at radius 2 is 1.23 bits per heavy atom. The molecule has 0 heterocycles. The largest absolute Gasteiger partial charge is 0.460 e. The summed E-state index contributed by atoms with van der Waals surface area (Å²) in [4.78, 5) is 22.2. The first-order valence-electron chi connectivity index (χ1n) is 12.3. The van der Waals surface area contributed by atoms with Gasteiger partial charge in [0.1, 0.15) is 11.9 Å². The first kappa shape index (κ1) is 36.1. The van der Waals surface area contributed by atoms with Gasteiger partial charge in [0.25, 0.3) is 0 Å². The molecule has 0 rings (SSSR count). The van der Waals surface area contributed by atoms with Crippen molar-refractivity contribution in [2.24, 2.45) is 5.73 Å². The molecule has 0 radical (unpaired) electrons. The fourth-order valence-electron chi connectivity index (χ4n) is 2.17. The smallest absolute Gasteiger partial charge is 0.308 e. The van der Waals surface area contributed by atoms with E-state index in [-0.39, 0.29) is 50.0 Å². The van der Waals surface area contributed by atoms with Gasteiger partial charge in [-0.25, -0.2) is 0 Å². The van der Waals surface area contributed by atoms with Crippen molar-refractivity contribution in [2.75, 3.05) is 53.4 Å². The SMILES string of the molecule is CC(C)(C)OCCCOCC(N)(COCCC=O)COCCC(=O)OC(C)(C)C.COC(C)(C)C. The number of hydrogen-bond donors (Lipinski definition) is 1. The summed E-state index contributed by atoms with van der Waals surface area (Å²) in [6.07, 6.45) is 1.99. The lowest BCUT2D eigenvalue weighted by Gasteiger charge is -2.29. The molecule has 1 unspecified atom stereocenters. The molecule has 0 bridgehead atoms. The maximum absolute atomic E-state index is 11.7. The third kappa shape index (κ3) is 29.0. The molecule has 0 saturated carbocycles. The van der Waals surface area contributed by atoms with Crippen LogP contribution in [0.15, 0.2) is 0 Å². The predicted molar refractivity (Wildman–Crippen MR) is 138 cm³/mol. The standard InChI is InChI=1S/C21H41NO7.C5H12O/c1-19(2,3)28-13-8-12-26-16-21(22,15-25-11-7-10-23)17-27-14-9-18(24)29-20(4,5)6;1-5(2,3)6-4/h10H,7-9,11-17,22H2,1-6H3;1-4H3. The third-order valence-corrected chi connectivity index (χ3v) is 4.00. The molecule has 0 amide bonds. The van der Waals surface area contributed by atoms with Crippen LogP contribution in [0.3, 0.4) is 0 Å². The van der Waals surface area contributed by atoms with E-state index >= 15 is 0 Å². The number of carbonyl (C=O) groups is 2. The van der Waals surface area contributed by atoms with E-state index in [0.717, 1.165) is 12.7 Å². The number of methoxy groups -OCH3 is 1. The van der Waals surface area contributed by atoms with Crippen molar-refractivity contribution in [3.8, 4) is 0 Å². The fraction of sp³-hybridized carbons (Fsp3) is 0.923. The van der Waals surface area contributed by atoms with Gasteiger partial charge in [-0.05, 0) is 68.7 Å². The Morgan fingerprint density at radius 3 is 1.66 bits per heavy atom. The summed E-state index contributed by atoms with van der Waals surface area (Å²) in [5, 5.41) is 0. The minimum Gasteiger partial charge on any atom is -0.460 e. The molecule has 0 aromatic heterocycles. The number of nitrogens with two attached hydrogens (primary N) is 1. The summed E-state index contributed by atoms with van der Waals surface area (Å²) < 4.78 is 32.6. The monoisotopic (exact) mass is 507 g/mol. The molecular weight excluding hydrogens is 454 g/mol. The molecule has 0 fully saturated rings. The number of esters is 1. The molecule has 0 aliphatic carbocycles. The van der Waals surface area contributed by atoms with Crippen LogP contribution in [-0.4, -0.2) is 88.0 Å². The Balaban J connectivity index is 0. The maximum Gasteiger partial charge on any atom is 0.308 e. The van der Waals surface area contributed by atoms with Crippen molar-refractivity contribution in [2.45, 2.75) is 104 Å². The number of rotatable bonds is 16. The molecule has 0 saturated heterocycles. The van der Waals surface area contributed by atoms with Crippen LogP contribution < -0.4 is 5.73 Å². The van der Waals surface area contributed by atoms with Crippen molar-refractivity contribution < 1.29 is 38.0 Å². The van der Waals surface area contributed by atoms with E-state index in [2.05, 4.69) is 0 Å². The molecular formula is C26H53NO8. The van der Waals surface area contributed by atoms with Gasteiger partial charge in [-0.1, -0.05) is 0 Å². The maximum atomic E-state index is 11.7. The highest BCUT2D eigenvalue weighted by Gasteiger charge is 2.27. The van der Waals surface area contributed by atoms with Gasteiger partial charge in [-0.3, -0.25) is 4.79 Å². The Hall–Kier alpha value is -1.10. The number of ether oxygens (including phenoxy) is 6. The second-order valence-electron chi connectivity index (χ2n) is 11.4. The average Bonchev–Trinajstić information content (AvgIpc) is 2.69. The lowest BCUT2D eigenvalue weighted by molar-refractivity contribution is -0.156. The van der Waals surface area contributed by atoms with Gasteiger partial charge in [-0.15, -0.1) is 0 Å². The summed E-state index contributed by atoms with van der Waals surface area (Å²) in [6.45, 7) is 19.7. The normalized spacial score (nSPS) is 14.0. The molecule has 9 heteroatoms. The molecule has 1 atom stereocenters. The first-order valence-corrected chi connectivity index (χ1v) is 12.3. The predicted octanol–water partition coefficient (Wildman–Crippen LogP) is 3.69. The minimum atomic E-state index is -0.873. The van der Waals surface area contributed by atoms with Crippen molar-refractivity contribution >= 4 is 12.3 Å². The van der Waals surface area contributed by atoms with E-state index in [1.165, 1.54) is 0 Å². The number of aldehydes is 1. The van der Waals surface area contributed by atoms with Gasteiger partial charge in [0.2, 0.25) is 0 Å². The summed E-state index contributed by atoms with van der Waals surface area (Å²) in [6, 6.07) is 0. The zero-order chi connectivity index (χ0) is 27.6. The Bertz CT molecular complexity index is 549. The highest BCUT2D eigenvalue weighted by molar-refractivity contribution is 5.69. The van der Waals surface area contributed by atoms with Crippen molar-refractivity contribution in [3.63, 3.8) is 0 Å². The molecule has 0 aromatic carbocycles. The van der Waals surface area contributed by atoms with E-state index in [9.17, 15) is 9.59 Å².